The minimum absolute atomic E-state index is 0.0975. The van der Waals surface area contributed by atoms with Crippen LogP contribution in [0.5, 0.6) is 0 Å². The molecule has 1 amide bonds. The largest absolute Gasteiger partial charge is 0.451 e. The number of carbonyl (C=O) groups is 2. The lowest BCUT2D eigenvalue weighted by atomic mass is 9.99. The van der Waals surface area contributed by atoms with E-state index in [1.807, 2.05) is 81.4 Å². The van der Waals surface area contributed by atoms with Crippen LogP contribution in [0.4, 0.5) is 0 Å². The third-order valence-electron chi connectivity index (χ3n) is 5.42. The average molecular weight is 518 g/mol. The Balaban J connectivity index is 1.66. The van der Waals surface area contributed by atoms with E-state index in [9.17, 15) is 9.59 Å². The maximum absolute atomic E-state index is 13.6. The molecule has 4 nitrogen and oxygen atoms in total. The molecule has 2 aliphatic rings. The molecule has 31 heavy (non-hydrogen) atoms. The van der Waals surface area contributed by atoms with Crippen molar-refractivity contribution < 1.29 is 14.3 Å². The molecule has 0 saturated carbocycles. The maximum Gasteiger partial charge on any atom is 0.331 e. The molecular weight excluding hydrogens is 494 g/mol. The van der Waals surface area contributed by atoms with E-state index in [1.54, 1.807) is 16.7 Å². The number of rotatable bonds is 6. The van der Waals surface area contributed by atoms with E-state index in [1.165, 1.54) is 11.8 Å². The molecular formula is C24H24BrNO3S2. The van der Waals surface area contributed by atoms with Crippen molar-refractivity contribution >= 4 is 51.3 Å². The fourth-order valence-electron chi connectivity index (χ4n) is 4.05. The smallest absolute Gasteiger partial charge is 0.331 e. The molecule has 1 fully saturated rings. The number of halogens is 1. The molecule has 0 aromatic heterocycles. The maximum atomic E-state index is 13.6. The van der Waals surface area contributed by atoms with E-state index in [0.717, 1.165) is 21.4 Å². The Bertz CT molecular complexity index is 970. The predicted octanol–water partition coefficient (Wildman–Crippen LogP) is 5.74. The van der Waals surface area contributed by atoms with Gasteiger partial charge in [-0.15, -0.1) is 23.5 Å². The zero-order chi connectivity index (χ0) is 22.2. The first-order valence-electron chi connectivity index (χ1n) is 10.2. The van der Waals surface area contributed by atoms with E-state index in [0.29, 0.717) is 4.91 Å². The van der Waals surface area contributed by atoms with Gasteiger partial charge in [0, 0.05) is 9.23 Å². The van der Waals surface area contributed by atoms with Crippen LogP contribution in [-0.2, 0) is 14.3 Å². The normalized spacial score (nSPS) is 22.2. The van der Waals surface area contributed by atoms with Crippen molar-refractivity contribution in [3.05, 3.63) is 81.2 Å². The van der Waals surface area contributed by atoms with Crippen molar-refractivity contribution in [2.24, 2.45) is 0 Å². The standard InChI is InChI=1S/C24H24BrNO3S2/c1-4-30-19-17(25)22-26(21(19)27)20(24(2,3)31-22)23(28)29-18(15-11-7-5-8-12-15)16-13-9-6-10-14-16/h5-14,18,20,22H,4H2,1-3H3/t20-,22+/m0/s1. The Hall–Kier alpha value is -1.70. The molecule has 1 saturated heterocycles. The van der Waals surface area contributed by atoms with Gasteiger partial charge >= 0.3 is 5.97 Å². The number of carbonyl (C=O) groups excluding carboxylic acids is 2. The minimum Gasteiger partial charge on any atom is -0.451 e. The van der Waals surface area contributed by atoms with Gasteiger partial charge in [0.25, 0.3) is 5.91 Å². The first-order valence-corrected chi connectivity index (χ1v) is 12.8. The van der Waals surface area contributed by atoms with Crippen LogP contribution >= 0.6 is 39.5 Å². The Labute approximate surface area is 199 Å². The quantitative estimate of drug-likeness (QED) is 0.457. The third-order valence-corrected chi connectivity index (χ3v) is 9.30. The lowest BCUT2D eigenvalue weighted by Crippen LogP contribution is -2.50. The summed E-state index contributed by atoms with van der Waals surface area (Å²) in [5.74, 6) is 0.318. The fraction of sp³-hybridized carbons (Fsp3) is 0.333. The summed E-state index contributed by atoms with van der Waals surface area (Å²) < 4.78 is 6.53. The summed E-state index contributed by atoms with van der Waals surface area (Å²) >= 11 is 6.76. The second kappa shape index (κ2) is 9.04. The van der Waals surface area contributed by atoms with Crippen LogP contribution in [0.15, 0.2) is 70.1 Å². The van der Waals surface area contributed by atoms with Crippen LogP contribution in [0.2, 0.25) is 0 Å². The van der Waals surface area contributed by atoms with Crippen molar-refractivity contribution in [2.45, 2.75) is 43.0 Å². The highest BCUT2D eigenvalue weighted by atomic mass is 79.9. The highest BCUT2D eigenvalue weighted by Crippen LogP contribution is 2.54. The van der Waals surface area contributed by atoms with Gasteiger partial charge in [-0.1, -0.05) is 83.5 Å². The van der Waals surface area contributed by atoms with Gasteiger partial charge < -0.3 is 9.64 Å². The number of hydrogen-bond donors (Lipinski definition) is 0. The number of fused-ring (bicyclic) bond motifs is 1. The summed E-state index contributed by atoms with van der Waals surface area (Å²) in [5.41, 5.74) is 1.80. The van der Waals surface area contributed by atoms with Gasteiger partial charge in [-0.3, -0.25) is 4.79 Å². The number of amides is 1. The SMILES string of the molecule is CCSC1=C(Br)[C@H]2SC(C)(C)[C@H](C(=O)OC(c3ccccc3)c3ccccc3)N2C1=O. The summed E-state index contributed by atoms with van der Waals surface area (Å²) in [6.45, 7) is 6.02. The zero-order valence-electron chi connectivity index (χ0n) is 17.6. The Morgan fingerprint density at radius 3 is 2.19 bits per heavy atom. The van der Waals surface area contributed by atoms with Gasteiger partial charge in [0.1, 0.15) is 11.4 Å². The molecule has 0 aliphatic carbocycles. The molecule has 0 bridgehead atoms. The van der Waals surface area contributed by atoms with E-state index >= 15 is 0 Å². The molecule has 0 N–H and O–H groups in total. The highest BCUT2D eigenvalue weighted by Gasteiger charge is 2.58. The molecule has 2 aromatic rings. The van der Waals surface area contributed by atoms with E-state index in [4.69, 9.17) is 4.74 Å². The molecule has 4 rings (SSSR count). The van der Waals surface area contributed by atoms with Crippen LogP contribution in [0, 0.1) is 0 Å². The van der Waals surface area contributed by atoms with Crippen LogP contribution in [0.25, 0.3) is 0 Å². The topological polar surface area (TPSA) is 46.6 Å². The van der Waals surface area contributed by atoms with Gasteiger partial charge in [0.05, 0.1) is 4.91 Å². The Morgan fingerprint density at radius 1 is 1.13 bits per heavy atom. The second-order valence-electron chi connectivity index (χ2n) is 7.94. The monoisotopic (exact) mass is 517 g/mol. The van der Waals surface area contributed by atoms with Gasteiger partial charge in [-0.05, 0) is 30.7 Å². The molecule has 0 radical (unpaired) electrons. The van der Waals surface area contributed by atoms with Gasteiger partial charge in [-0.25, -0.2) is 4.79 Å². The van der Waals surface area contributed by atoms with E-state index in [2.05, 4.69) is 15.9 Å². The molecule has 2 heterocycles. The van der Waals surface area contributed by atoms with E-state index < -0.39 is 16.9 Å². The average Bonchev–Trinajstić information content (AvgIpc) is 3.17. The van der Waals surface area contributed by atoms with Crippen LogP contribution in [0.1, 0.15) is 38.0 Å². The first-order chi connectivity index (χ1) is 14.8. The summed E-state index contributed by atoms with van der Waals surface area (Å²) in [4.78, 5) is 29.2. The lowest BCUT2D eigenvalue weighted by molar-refractivity contribution is -0.157. The summed E-state index contributed by atoms with van der Waals surface area (Å²) in [6, 6.07) is 18.8. The molecule has 162 valence electrons. The predicted molar refractivity (Wildman–Crippen MR) is 131 cm³/mol. The van der Waals surface area contributed by atoms with Crippen LogP contribution < -0.4 is 0 Å². The number of benzene rings is 2. The van der Waals surface area contributed by atoms with Crippen molar-refractivity contribution in [3.63, 3.8) is 0 Å². The van der Waals surface area contributed by atoms with Crippen molar-refractivity contribution in [1.82, 2.24) is 4.90 Å². The van der Waals surface area contributed by atoms with E-state index in [-0.39, 0.29) is 17.3 Å². The number of nitrogens with zero attached hydrogens (tertiary/aromatic N) is 1. The number of ether oxygens (including phenoxy) is 1. The van der Waals surface area contributed by atoms with Gasteiger partial charge in [0.15, 0.2) is 6.10 Å². The third kappa shape index (κ3) is 4.20. The minimum atomic E-state index is -0.674. The first kappa shape index (κ1) is 22.5. The Kier molecular flexibility index (Phi) is 6.56. The fourth-order valence-corrected chi connectivity index (χ4v) is 7.37. The molecule has 2 atom stereocenters. The highest BCUT2D eigenvalue weighted by molar-refractivity contribution is 9.12. The van der Waals surface area contributed by atoms with Crippen molar-refractivity contribution in [1.29, 1.82) is 0 Å². The summed E-state index contributed by atoms with van der Waals surface area (Å²) in [5, 5.41) is -0.194. The summed E-state index contributed by atoms with van der Waals surface area (Å²) in [6.07, 6.45) is -0.534. The lowest BCUT2D eigenvalue weighted by Gasteiger charge is -2.31. The van der Waals surface area contributed by atoms with Crippen LogP contribution in [0.3, 0.4) is 0 Å². The van der Waals surface area contributed by atoms with Crippen molar-refractivity contribution in [3.8, 4) is 0 Å². The van der Waals surface area contributed by atoms with Gasteiger partial charge in [-0.2, -0.15) is 0 Å². The zero-order valence-corrected chi connectivity index (χ0v) is 20.8. The van der Waals surface area contributed by atoms with Crippen LogP contribution in [-0.4, -0.2) is 38.7 Å². The second-order valence-corrected chi connectivity index (χ2v) is 11.8. The molecule has 2 aromatic carbocycles. The summed E-state index contributed by atoms with van der Waals surface area (Å²) in [7, 11) is 0. The van der Waals surface area contributed by atoms with Crippen molar-refractivity contribution in [2.75, 3.05) is 5.75 Å². The molecule has 0 spiro atoms. The number of thioether (sulfide) groups is 2. The van der Waals surface area contributed by atoms with Gasteiger partial charge in [0.2, 0.25) is 0 Å². The molecule has 7 heteroatoms. The number of esters is 1. The Morgan fingerprint density at radius 2 is 1.68 bits per heavy atom. The number of hydrogen-bond acceptors (Lipinski definition) is 5. The molecule has 2 aliphatic heterocycles. The molecule has 0 unspecified atom stereocenters.